The van der Waals surface area contributed by atoms with E-state index in [1.165, 1.54) is 6.42 Å². The third-order valence-corrected chi connectivity index (χ3v) is 8.43. The molecule has 4 aliphatic carbocycles. The molecule has 2 amide bonds. The number of likely N-dealkylation sites (tertiary alicyclic amines) is 1. The maximum atomic E-state index is 13.4. The Bertz CT molecular complexity index is 821. The summed E-state index contributed by atoms with van der Waals surface area (Å²) in [5, 5.41) is 26.1. The first-order valence-corrected chi connectivity index (χ1v) is 11.9. The van der Waals surface area contributed by atoms with Crippen molar-refractivity contribution in [1.82, 2.24) is 15.1 Å². The van der Waals surface area contributed by atoms with E-state index in [2.05, 4.69) is 10.2 Å². The molecular weight excluding hydrogens is 426 g/mol. The standard InChI is InChI=1S/C25H37N3O3.ClH/c1-27(2)15-21-16-28(9-8-25(21,31)20-6-4-3-5-7-20)22(29)26-23-11-18-10-19(12-23)14-24(30,13-18)17-23;/h3-7,18-19,21,30-31H,8-17H2,1-2H3,(H,26,29);1H. The second-order valence-electron chi connectivity index (χ2n) is 11.3. The third kappa shape index (κ3) is 4.27. The van der Waals surface area contributed by atoms with Crippen LogP contribution in [0.1, 0.15) is 50.5 Å². The van der Waals surface area contributed by atoms with Gasteiger partial charge >= 0.3 is 6.03 Å². The Kier molecular flexibility index (Phi) is 6.29. The summed E-state index contributed by atoms with van der Waals surface area (Å²) in [6.07, 6.45) is 6.24. The molecule has 4 saturated carbocycles. The molecule has 0 spiro atoms. The Morgan fingerprint density at radius 1 is 1.12 bits per heavy atom. The van der Waals surface area contributed by atoms with Crippen LogP contribution in [0.3, 0.4) is 0 Å². The summed E-state index contributed by atoms with van der Waals surface area (Å²) in [5.41, 5.74) is -0.830. The molecule has 6 nitrogen and oxygen atoms in total. The molecule has 178 valence electrons. The van der Waals surface area contributed by atoms with E-state index in [9.17, 15) is 15.0 Å². The largest absolute Gasteiger partial charge is 0.390 e. The summed E-state index contributed by atoms with van der Waals surface area (Å²) in [6.45, 7) is 1.78. The zero-order valence-electron chi connectivity index (χ0n) is 19.3. The molecule has 6 rings (SSSR count). The topological polar surface area (TPSA) is 76.0 Å². The molecule has 4 atom stereocenters. The van der Waals surface area contributed by atoms with Crippen molar-refractivity contribution in [3.8, 4) is 0 Å². The Morgan fingerprint density at radius 2 is 1.78 bits per heavy atom. The van der Waals surface area contributed by atoms with Gasteiger partial charge in [0, 0.05) is 31.1 Å². The lowest BCUT2D eigenvalue weighted by molar-refractivity contribution is -0.140. The Hall–Kier alpha value is -1.34. The molecule has 0 radical (unpaired) electrons. The first-order valence-electron chi connectivity index (χ1n) is 11.9. The number of rotatable bonds is 4. The molecule has 32 heavy (non-hydrogen) atoms. The van der Waals surface area contributed by atoms with Gasteiger partial charge in [-0.2, -0.15) is 0 Å². The average molecular weight is 464 g/mol. The molecular formula is C25H38ClN3O3. The van der Waals surface area contributed by atoms with Gasteiger partial charge < -0.3 is 25.3 Å². The van der Waals surface area contributed by atoms with Crippen molar-refractivity contribution >= 4 is 18.4 Å². The van der Waals surface area contributed by atoms with E-state index >= 15 is 0 Å². The summed E-state index contributed by atoms with van der Waals surface area (Å²) in [7, 11) is 4.03. The van der Waals surface area contributed by atoms with Crippen LogP contribution in [-0.4, -0.2) is 70.9 Å². The third-order valence-electron chi connectivity index (χ3n) is 8.43. The van der Waals surface area contributed by atoms with E-state index in [1.54, 1.807) is 0 Å². The highest BCUT2D eigenvalue weighted by Gasteiger charge is 2.58. The monoisotopic (exact) mass is 463 g/mol. The number of hydrogen-bond donors (Lipinski definition) is 3. The van der Waals surface area contributed by atoms with Crippen molar-refractivity contribution in [2.75, 3.05) is 33.7 Å². The number of aliphatic hydroxyl groups is 2. The molecule has 1 heterocycles. The Balaban J connectivity index is 0.00000245. The van der Waals surface area contributed by atoms with Crippen LogP contribution < -0.4 is 5.32 Å². The Labute approximate surface area is 197 Å². The number of carbonyl (C=O) groups excluding carboxylic acids is 1. The lowest BCUT2D eigenvalue weighted by Crippen LogP contribution is -2.67. The number of benzene rings is 1. The van der Waals surface area contributed by atoms with Crippen molar-refractivity contribution in [2.45, 2.75) is 61.7 Å². The molecule has 1 aromatic rings. The van der Waals surface area contributed by atoms with Crippen LogP contribution in [0, 0.1) is 17.8 Å². The number of hydrogen-bond acceptors (Lipinski definition) is 4. The lowest BCUT2D eigenvalue weighted by atomic mass is 9.51. The second-order valence-corrected chi connectivity index (χ2v) is 11.3. The van der Waals surface area contributed by atoms with E-state index in [0.29, 0.717) is 44.3 Å². The second kappa shape index (κ2) is 8.46. The van der Waals surface area contributed by atoms with Crippen LogP contribution in [-0.2, 0) is 5.60 Å². The summed E-state index contributed by atoms with van der Waals surface area (Å²) >= 11 is 0. The van der Waals surface area contributed by atoms with Crippen LogP contribution in [0.2, 0.25) is 0 Å². The van der Waals surface area contributed by atoms with Crippen LogP contribution in [0.5, 0.6) is 0 Å². The van der Waals surface area contributed by atoms with E-state index in [4.69, 9.17) is 0 Å². The maximum Gasteiger partial charge on any atom is 0.317 e. The minimum absolute atomic E-state index is 0. The quantitative estimate of drug-likeness (QED) is 0.641. The van der Waals surface area contributed by atoms with Crippen molar-refractivity contribution in [3.05, 3.63) is 35.9 Å². The van der Waals surface area contributed by atoms with Gasteiger partial charge in [0.2, 0.25) is 0 Å². The van der Waals surface area contributed by atoms with Gasteiger partial charge in [0.15, 0.2) is 0 Å². The summed E-state index contributed by atoms with van der Waals surface area (Å²) in [6, 6.07) is 9.87. The van der Waals surface area contributed by atoms with Gasteiger partial charge in [-0.25, -0.2) is 4.79 Å². The first kappa shape index (κ1) is 23.8. The van der Waals surface area contributed by atoms with Crippen molar-refractivity contribution in [3.63, 3.8) is 0 Å². The van der Waals surface area contributed by atoms with E-state index in [1.807, 2.05) is 49.3 Å². The zero-order chi connectivity index (χ0) is 21.9. The Morgan fingerprint density at radius 3 is 2.38 bits per heavy atom. The van der Waals surface area contributed by atoms with Gasteiger partial charge in [-0.3, -0.25) is 0 Å². The number of piperidine rings is 1. The van der Waals surface area contributed by atoms with Crippen LogP contribution in [0.25, 0.3) is 0 Å². The number of halogens is 1. The average Bonchev–Trinajstić information content (AvgIpc) is 2.67. The number of urea groups is 1. The zero-order valence-corrected chi connectivity index (χ0v) is 20.1. The van der Waals surface area contributed by atoms with Crippen molar-refractivity contribution in [2.24, 2.45) is 17.8 Å². The van der Waals surface area contributed by atoms with Gasteiger partial charge in [-0.05, 0) is 76.4 Å². The molecule has 5 fully saturated rings. The summed E-state index contributed by atoms with van der Waals surface area (Å²) in [4.78, 5) is 17.4. The highest BCUT2D eigenvalue weighted by Crippen LogP contribution is 2.57. The fourth-order valence-electron chi connectivity index (χ4n) is 7.62. The molecule has 3 N–H and O–H groups in total. The fourth-order valence-corrected chi connectivity index (χ4v) is 7.62. The van der Waals surface area contributed by atoms with Gasteiger partial charge in [0.1, 0.15) is 0 Å². The molecule has 0 aromatic heterocycles. The minimum Gasteiger partial charge on any atom is -0.390 e. The predicted molar refractivity (Wildman–Crippen MR) is 127 cm³/mol. The van der Waals surface area contributed by atoms with E-state index < -0.39 is 11.2 Å². The molecule has 5 aliphatic rings. The maximum absolute atomic E-state index is 13.4. The molecule has 4 unspecified atom stereocenters. The molecule has 1 aliphatic heterocycles. The summed E-state index contributed by atoms with van der Waals surface area (Å²) in [5.74, 6) is 1.01. The molecule has 7 heteroatoms. The van der Waals surface area contributed by atoms with E-state index in [-0.39, 0.29) is 29.9 Å². The molecule has 1 saturated heterocycles. The number of amides is 2. The first-order chi connectivity index (χ1) is 14.7. The van der Waals surface area contributed by atoms with Crippen molar-refractivity contribution < 1.29 is 15.0 Å². The fraction of sp³-hybridized carbons (Fsp3) is 0.720. The highest BCUT2D eigenvalue weighted by atomic mass is 35.5. The van der Waals surface area contributed by atoms with Gasteiger partial charge in [-0.15, -0.1) is 12.4 Å². The van der Waals surface area contributed by atoms with Crippen molar-refractivity contribution in [1.29, 1.82) is 0 Å². The van der Waals surface area contributed by atoms with Gasteiger partial charge in [0.25, 0.3) is 0 Å². The number of nitrogens with zero attached hydrogens (tertiary/aromatic N) is 2. The van der Waals surface area contributed by atoms with Crippen LogP contribution in [0.4, 0.5) is 4.79 Å². The highest BCUT2D eigenvalue weighted by molar-refractivity contribution is 5.85. The van der Waals surface area contributed by atoms with E-state index in [0.717, 1.165) is 31.2 Å². The normalized spacial score (nSPS) is 40.3. The SMILES string of the molecule is CN(C)CC1CN(C(=O)NC23CC4CC(CC(O)(C4)C2)C3)CCC1(O)c1ccccc1.Cl. The lowest BCUT2D eigenvalue weighted by Gasteiger charge is -2.60. The van der Waals surface area contributed by atoms with Gasteiger partial charge in [0.05, 0.1) is 11.2 Å². The molecule has 1 aromatic carbocycles. The minimum atomic E-state index is -0.932. The summed E-state index contributed by atoms with van der Waals surface area (Å²) < 4.78 is 0. The van der Waals surface area contributed by atoms with Gasteiger partial charge in [-0.1, -0.05) is 30.3 Å². The number of carbonyl (C=O) groups is 1. The van der Waals surface area contributed by atoms with Crippen LogP contribution >= 0.6 is 12.4 Å². The number of nitrogens with one attached hydrogen (secondary N) is 1. The van der Waals surface area contributed by atoms with Crippen LogP contribution in [0.15, 0.2) is 30.3 Å². The smallest absolute Gasteiger partial charge is 0.317 e. The molecule has 4 bridgehead atoms. The predicted octanol–water partition coefficient (Wildman–Crippen LogP) is 2.97.